The molecule has 45 heavy (non-hydrogen) atoms. The summed E-state index contributed by atoms with van der Waals surface area (Å²) in [5.41, 5.74) is 0.561. The first kappa shape index (κ1) is 45.0. The SMILES string of the molecule is CCCCCCCCCCC(C)C(CCCCCCCCCC)C(C)(CCCCCCCCCC)CCCCCCCCCC. The second kappa shape index (κ2) is 35.3. The summed E-state index contributed by atoms with van der Waals surface area (Å²) in [5.74, 6) is 1.85. The Hall–Kier alpha value is 0. The van der Waals surface area contributed by atoms with Crippen LogP contribution in [0.2, 0.25) is 0 Å². The van der Waals surface area contributed by atoms with Gasteiger partial charge in [-0.1, -0.05) is 253 Å². The number of rotatable bonds is 38. The van der Waals surface area contributed by atoms with Crippen molar-refractivity contribution in [2.45, 2.75) is 273 Å². The molecular formula is C45H92. The minimum Gasteiger partial charge on any atom is -0.0654 e. The van der Waals surface area contributed by atoms with Gasteiger partial charge in [0.25, 0.3) is 0 Å². The first-order chi connectivity index (χ1) is 22.1. The fraction of sp³-hybridized carbons (Fsp3) is 1.00. The van der Waals surface area contributed by atoms with E-state index < -0.39 is 0 Å². The van der Waals surface area contributed by atoms with Gasteiger partial charge in [-0.15, -0.1) is 0 Å². The van der Waals surface area contributed by atoms with Gasteiger partial charge in [0.2, 0.25) is 0 Å². The average Bonchev–Trinajstić information content (AvgIpc) is 3.04. The molecule has 0 heteroatoms. The maximum absolute atomic E-state index is 2.79. The van der Waals surface area contributed by atoms with Crippen LogP contribution in [0.25, 0.3) is 0 Å². The molecule has 0 saturated heterocycles. The van der Waals surface area contributed by atoms with Gasteiger partial charge < -0.3 is 0 Å². The van der Waals surface area contributed by atoms with E-state index >= 15 is 0 Å². The predicted octanol–water partition coefficient (Wildman–Crippen LogP) is 17.4. The van der Waals surface area contributed by atoms with Crippen molar-refractivity contribution < 1.29 is 0 Å². The molecule has 2 atom stereocenters. The summed E-state index contributed by atoms with van der Waals surface area (Å²) >= 11 is 0. The molecular weight excluding hydrogens is 540 g/mol. The molecule has 0 spiro atoms. The quantitative estimate of drug-likeness (QED) is 0.0594. The highest BCUT2D eigenvalue weighted by Crippen LogP contribution is 2.46. The van der Waals surface area contributed by atoms with E-state index in [0.717, 1.165) is 11.8 Å². The van der Waals surface area contributed by atoms with Gasteiger partial charge >= 0.3 is 0 Å². The van der Waals surface area contributed by atoms with Crippen molar-refractivity contribution in [2.24, 2.45) is 17.3 Å². The Morgan fingerprint density at radius 2 is 0.556 bits per heavy atom. The van der Waals surface area contributed by atoms with Crippen LogP contribution in [0, 0.1) is 17.3 Å². The Morgan fingerprint density at radius 1 is 0.311 bits per heavy atom. The van der Waals surface area contributed by atoms with Crippen LogP contribution in [0.3, 0.4) is 0 Å². The minimum atomic E-state index is 0.561. The Labute approximate surface area is 289 Å². The zero-order valence-electron chi connectivity index (χ0n) is 33.1. The summed E-state index contributed by atoms with van der Waals surface area (Å²) < 4.78 is 0. The normalized spacial score (nSPS) is 13.5. The lowest BCUT2D eigenvalue weighted by atomic mass is 9.63. The highest BCUT2D eigenvalue weighted by molar-refractivity contribution is 4.86. The first-order valence-corrected chi connectivity index (χ1v) is 22.1. The summed E-state index contributed by atoms with van der Waals surface area (Å²) in [4.78, 5) is 0. The molecule has 0 heterocycles. The van der Waals surface area contributed by atoms with Crippen molar-refractivity contribution in [1.82, 2.24) is 0 Å². The van der Waals surface area contributed by atoms with E-state index in [1.54, 1.807) is 0 Å². The molecule has 0 radical (unpaired) electrons. The van der Waals surface area contributed by atoms with Crippen molar-refractivity contribution >= 4 is 0 Å². The molecule has 0 nitrogen and oxygen atoms in total. The minimum absolute atomic E-state index is 0.561. The van der Waals surface area contributed by atoms with E-state index in [-0.39, 0.29) is 0 Å². The molecule has 0 rings (SSSR count). The highest BCUT2D eigenvalue weighted by atomic mass is 14.4. The lowest BCUT2D eigenvalue weighted by Crippen LogP contribution is -2.33. The lowest BCUT2D eigenvalue weighted by molar-refractivity contribution is 0.0788. The summed E-state index contributed by atoms with van der Waals surface area (Å²) in [6, 6.07) is 0. The molecule has 2 unspecified atom stereocenters. The molecule has 0 bridgehead atoms. The van der Waals surface area contributed by atoms with Crippen LogP contribution in [0.4, 0.5) is 0 Å². The van der Waals surface area contributed by atoms with Crippen LogP contribution in [0.15, 0.2) is 0 Å². The fourth-order valence-electron chi connectivity index (χ4n) is 8.44. The molecule has 0 N–H and O–H groups in total. The largest absolute Gasteiger partial charge is 0.0654 e. The smallest absolute Gasteiger partial charge is 0.0295 e. The third-order valence-corrected chi connectivity index (χ3v) is 11.7. The second-order valence-corrected chi connectivity index (χ2v) is 16.2. The van der Waals surface area contributed by atoms with E-state index in [0.29, 0.717) is 5.41 Å². The third-order valence-electron chi connectivity index (χ3n) is 11.7. The highest BCUT2D eigenvalue weighted by Gasteiger charge is 2.36. The maximum Gasteiger partial charge on any atom is -0.0295 e. The van der Waals surface area contributed by atoms with Gasteiger partial charge in [-0.25, -0.2) is 0 Å². The Balaban J connectivity index is 5.14. The molecule has 0 saturated carbocycles. The van der Waals surface area contributed by atoms with Gasteiger partial charge in [-0.2, -0.15) is 0 Å². The molecule has 0 aliphatic heterocycles. The zero-order valence-corrected chi connectivity index (χ0v) is 33.1. The van der Waals surface area contributed by atoms with Gasteiger partial charge in [0, 0.05) is 0 Å². The van der Waals surface area contributed by atoms with Gasteiger partial charge in [0.05, 0.1) is 0 Å². The third kappa shape index (κ3) is 28.7. The standard InChI is InChI=1S/C45H92/c1-7-11-15-19-23-27-31-35-39-43(5)44(40-36-32-28-24-20-16-12-8-2)45(6,41-37-33-29-25-21-17-13-9-3)42-38-34-30-26-22-18-14-10-4/h43-44H,7-42H2,1-6H3. The molecule has 0 aliphatic carbocycles. The summed E-state index contributed by atoms with van der Waals surface area (Å²) in [7, 11) is 0. The van der Waals surface area contributed by atoms with E-state index in [1.165, 1.54) is 231 Å². The molecule has 0 aromatic carbocycles. The lowest BCUT2D eigenvalue weighted by Gasteiger charge is -2.42. The monoisotopic (exact) mass is 633 g/mol. The Bertz CT molecular complexity index is 514. The molecule has 0 aromatic rings. The Kier molecular flexibility index (Phi) is 35.3. The van der Waals surface area contributed by atoms with Crippen LogP contribution >= 0.6 is 0 Å². The molecule has 0 amide bonds. The number of unbranched alkanes of at least 4 members (excludes halogenated alkanes) is 28. The Morgan fingerprint density at radius 3 is 0.867 bits per heavy atom. The van der Waals surface area contributed by atoms with Gasteiger partial charge in [-0.3, -0.25) is 0 Å². The van der Waals surface area contributed by atoms with Crippen molar-refractivity contribution in [1.29, 1.82) is 0 Å². The van der Waals surface area contributed by atoms with Crippen molar-refractivity contribution in [2.75, 3.05) is 0 Å². The summed E-state index contributed by atoms with van der Waals surface area (Å²) in [6.45, 7) is 14.8. The summed E-state index contributed by atoms with van der Waals surface area (Å²) in [5, 5.41) is 0. The van der Waals surface area contributed by atoms with Crippen LogP contribution in [-0.2, 0) is 0 Å². The number of hydrogen-bond acceptors (Lipinski definition) is 0. The predicted molar refractivity (Wildman–Crippen MR) is 210 cm³/mol. The average molecular weight is 633 g/mol. The molecule has 272 valence electrons. The molecule has 0 fully saturated rings. The first-order valence-electron chi connectivity index (χ1n) is 22.1. The van der Waals surface area contributed by atoms with Crippen molar-refractivity contribution in [3.8, 4) is 0 Å². The summed E-state index contributed by atoms with van der Waals surface area (Å²) in [6.07, 6.45) is 52.7. The van der Waals surface area contributed by atoms with Crippen LogP contribution in [-0.4, -0.2) is 0 Å². The van der Waals surface area contributed by atoms with Crippen LogP contribution in [0.5, 0.6) is 0 Å². The van der Waals surface area contributed by atoms with Gasteiger partial charge in [-0.05, 0) is 36.5 Å². The molecule has 0 aliphatic rings. The van der Waals surface area contributed by atoms with Gasteiger partial charge in [0.1, 0.15) is 0 Å². The fourth-order valence-corrected chi connectivity index (χ4v) is 8.44. The van der Waals surface area contributed by atoms with E-state index in [4.69, 9.17) is 0 Å². The topological polar surface area (TPSA) is 0 Å². The van der Waals surface area contributed by atoms with E-state index in [1.807, 2.05) is 0 Å². The van der Waals surface area contributed by atoms with Gasteiger partial charge in [0.15, 0.2) is 0 Å². The number of hydrogen-bond donors (Lipinski definition) is 0. The van der Waals surface area contributed by atoms with Crippen LogP contribution < -0.4 is 0 Å². The van der Waals surface area contributed by atoms with E-state index in [2.05, 4.69) is 41.5 Å². The second-order valence-electron chi connectivity index (χ2n) is 16.2. The van der Waals surface area contributed by atoms with Crippen molar-refractivity contribution in [3.05, 3.63) is 0 Å². The van der Waals surface area contributed by atoms with E-state index in [9.17, 15) is 0 Å². The van der Waals surface area contributed by atoms with Crippen molar-refractivity contribution in [3.63, 3.8) is 0 Å². The zero-order chi connectivity index (χ0) is 33.1. The van der Waals surface area contributed by atoms with Crippen LogP contribution in [0.1, 0.15) is 273 Å². The molecule has 0 aromatic heterocycles. The maximum atomic E-state index is 2.79.